The third-order valence-corrected chi connectivity index (χ3v) is 3.81. The van der Waals surface area contributed by atoms with Crippen LogP contribution in [0.2, 0.25) is 5.02 Å². The first-order valence-corrected chi connectivity index (χ1v) is 6.92. The van der Waals surface area contributed by atoms with Crippen molar-refractivity contribution in [2.75, 3.05) is 26.2 Å². The Morgan fingerprint density at radius 2 is 2.11 bits per heavy atom. The summed E-state index contributed by atoms with van der Waals surface area (Å²) in [5.41, 5.74) is 0.587. The molecule has 1 amide bonds. The van der Waals surface area contributed by atoms with Crippen LogP contribution in [0.15, 0.2) is 24.3 Å². The lowest BCUT2D eigenvalue weighted by atomic mass is 10.1. The molecule has 4 nitrogen and oxygen atoms in total. The van der Waals surface area contributed by atoms with E-state index in [-0.39, 0.29) is 17.9 Å². The summed E-state index contributed by atoms with van der Waals surface area (Å²) < 4.78 is 0. The highest BCUT2D eigenvalue weighted by molar-refractivity contribution is 6.30. The SMILES string of the molecule is CCN1CC(O)C(CNC(=O)c2ccc(Cl)cc2)C1. The van der Waals surface area contributed by atoms with Gasteiger partial charge in [-0.1, -0.05) is 18.5 Å². The third-order valence-electron chi connectivity index (χ3n) is 3.56. The molecule has 2 N–H and O–H groups in total. The maximum atomic E-state index is 11.9. The molecule has 1 heterocycles. The number of aliphatic hydroxyl groups excluding tert-OH is 1. The van der Waals surface area contributed by atoms with Crippen LogP contribution in [0.4, 0.5) is 0 Å². The van der Waals surface area contributed by atoms with Crippen molar-refractivity contribution in [1.29, 1.82) is 0 Å². The number of nitrogens with one attached hydrogen (secondary N) is 1. The van der Waals surface area contributed by atoms with Crippen LogP contribution < -0.4 is 5.32 Å². The zero-order valence-corrected chi connectivity index (χ0v) is 11.7. The van der Waals surface area contributed by atoms with E-state index >= 15 is 0 Å². The minimum absolute atomic E-state index is 0.108. The van der Waals surface area contributed by atoms with Crippen LogP contribution >= 0.6 is 11.6 Å². The van der Waals surface area contributed by atoms with Crippen LogP contribution in [-0.4, -0.2) is 48.2 Å². The van der Waals surface area contributed by atoms with Gasteiger partial charge in [-0.05, 0) is 30.8 Å². The number of hydrogen-bond donors (Lipinski definition) is 2. The van der Waals surface area contributed by atoms with Crippen molar-refractivity contribution in [3.05, 3.63) is 34.9 Å². The number of rotatable bonds is 4. The van der Waals surface area contributed by atoms with Crippen molar-refractivity contribution in [3.63, 3.8) is 0 Å². The second kappa shape index (κ2) is 6.37. The number of aliphatic hydroxyl groups is 1. The molecule has 0 aliphatic carbocycles. The summed E-state index contributed by atoms with van der Waals surface area (Å²) >= 11 is 5.78. The topological polar surface area (TPSA) is 52.6 Å². The van der Waals surface area contributed by atoms with Crippen molar-refractivity contribution in [2.45, 2.75) is 13.0 Å². The maximum Gasteiger partial charge on any atom is 0.251 e. The summed E-state index contributed by atoms with van der Waals surface area (Å²) in [5, 5.41) is 13.4. The standard InChI is InChI=1S/C14H19ClN2O2/c1-2-17-8-11(13(18)9-17)7-16-14(19)10-3-5-12(15)6-4-10/h3-6,11,13,18H,2,7-9H2,1H3,(H,16,19). The smallest absolute Gasteiger partial charge is 0.251 e. The Morgan fingerprint density at radius 3 is 2.68 bits per heavy atom. The molecule has 5 heteroatoms. The van der Waals surface area contributed by atoms with Crippen LogP contribution in [0.1, 0.15) is 17.3 Å². The third kappa shape index (κ3) is 3.69. The van der Waals surface area contributed by atoms with Gasteiger partial charge < -0.3 is 15.3 Å². The Morgan fingerprint density at radius 1 is 1.42 bits per heavy atom. The number of benzene rings is 1. The molecule has 1 aliphatic rings. The number of likely N-dealkylation sites (N-methyl/N-ethyl adjacent to an activating group) is 1. The van der Waals surface area contributed by atoms with E-state index in [1.54, 1.807) is 24.3 Å². The molecule has 1 aliphatic heterocycles. The molecular weight excluding hydrogens is 264 g/mol. The first-order chi connectivity index (χ1) is 9.10. The van der Waals surface area contributed by atoms with Gasteiger partial charge in [0.2, 0.25) is 0 Å². The van der Waals surface area contributed by atoms with Crippen molar-refractivity contribution in [2.24, 2.45) is 5.92 Å². The van der Waals surface area contributed by atoms with Crippen LogP contribution in [0.3, 0.4) is 0 Å². The predicted molar refractivity (Wildman–Crippen MR) is 75.4 cm³/mol. The van der Waals surface area contributed by atoms with E-state index < -0.39 is 0 Å². The fourth-order valence-corrected chi connectivity index (χ4v) is 2.45. The Bertz CT molecular complexity index is 436. The maximum absolute atomic E-state index is 11.9. The zero-order valence-electron chi connectivity index (χ0n) is 11.0. The number of carbonyl (C=O) groups is 1. The van der Waals surface area contributed by atoms with Gasteiger partial charge in [0.05, 0.1) is 6.10 Å². The molecule has 1 fully saturated rings. The lowest BCUT2D eigenvalue weighted by Crippen LogP contribution is -2.34. The first-order valence-electron chi connectivity index (χ1n) is 6.54. The van der Waals surface area contributed by atoms with Crippen LogP contribution in [-0.2, 0) is 0 Å². The highest BCUT2D eigenvalue weighted by atomic mass is 35.5. The van der Waals surface area contributed by atoms with Gasteiger partial charge in [0, 0.05) is 36.1 Å². The number of nitrogens with zero attached hydrogens (tertiary/aromatic N) is 1. The molecule has 0 aromatic heterocycles. The Hall–Kier alpha value is -1.10. The lowest BCUT2D eigenvalue weighted by Gasteiger charge is -2.14. The van der Waals surface area contributed by atoms with Gasteiger partial charge in [-0.25, -0.2) is 0 Å². The molecule has 1 aromatic carbocycles. The quantitative estimate of drug-likeness (QED) is 0.877. The van der Waals surface area contributed by atoms with Gasteiger partial charge in [-0.3, -0.25) is 4.79 Å². The molecule has 2 atom stereocenters. The van der Waals surface area contributed by atoms with Crippen molar-refractivity contribution >= 4 is 17.5 Å². The summed E-state index contributed by atoms with van der Waals surface area (Å²) in [7, 11) is 0. The molecule has 1 saturated heterocycles. The first kappa shape index (κ1) is 14.3. The fourth-order valence-electron chi connectivity index (χ4n) is 2.33. The average molecular weight is 283 g/mol. The largest absolute Gasteiger partial charge is 0.391 e. The summed E-state index contributed by atoms with van der Waals surface area (Å²) in [6, 6.07) is 6.78. The molecule has 0 saturated carbocycles. The van der Waals surface area contributed by atoms with Crippen molar-refractivity contribution < 1.29 is 9.90 Å². The van der Waals surface area contributed by atoms with Gasteiger partial charge in [0.15, 0.2) is 0 Å². The molecule has 0 bridgehead atoms. The summed E-state index contributed by atoms with van der Waals surface area (Å²) in [5.74, 6) is -0.0185. The average Bonchev–Trinajstić information content (AvgIpc) is 2.77. The Balaban J connectivity index is 1.85. The van der Waals surface area contributed by atoms with Crippen molar-refractivity contribution in [1.82, 2.24) is 10.2 Å². The molecule has 0 spiro atoms. The van der Waals surface area contributed by atoms with E-state index in [9.17, 15) is 9.90 Å². The number of likely N-dealkylation sites (tertiary alicyclic amines) is 1. The van der Waals surface area contributed by atoms with Gasteiger partial charge in [-0.15, -0.1) is 0 Å². The fraction of sp³-hybridized carbons (Fsp3) is 0.500. The van der Waals surface area contributed by atoms with Crippen LogP contribution in [0, 0.1) is 5.92 Å². The van der Waals surface area contributed by atoms with Gasteiger partial charge in [0.1, 0.15) is 0 Å². The molecule has 2 rings (SSSR count). The molecule has 19 heavy (non-hydrogen) atoms. The normalized spacial score (nSPS) is 23.5. The van der Waals surface area contributed by atoms with Gasteiger partial charge in [-0.2, -0.15) is 0 Å². The molecule has 2 unspecified atom stereocenters. The number of carbonyl (C=O) groups excluding carboxylic acids is 1. The van der Waals surface area contributed by atoms with Gasteiger partial charge >= 0.3 is 0 Å². The molecular formula is C14H19ClN2O2. The number of β-amino-alcohol motifs (C(OH)–C–C–N with tert-alkyl or cyclic N) is 1. The van der Waals surface area contributed by atoms with E-state index in [2.05, 4.69) is 17.1 Å². The minimum Gasteiger partial charge on any atom is -0.391 e. The van der Waals surface area contributed by atoms with Crippen molar-refractivity contribution in [3.8, 4) is 0 Å². The summed E-state index contributed by atoms with van der Waals surface area (Å²) in [6.45, 7) is 5.02. The second-order valence-corrected chi connectivity index (χ2v) is 5.33. The number of hydrogen-bond acceptors (Lipinski definition) is 3. The van der Waals surface area contributed by atoms with E-state index in [1.807, 2.05) is 0 Å². The highest BCUT2D eigenvalue weighted by Crippen LogP contribution is 2.16. The minimum atomic E-state index is -0.356. The van der Waals surface area contributed by atoms with E-state index in [1.165, 1.54) is 0 Å². The van der Waals surface area contributed by atoms with Crippen LogP contribution in [0.25, 0.3) is 0 Å². The lowest BCUT2D eigenvalue weighted by molar-refractivity contribution is 0.0927. The monoisotopic (exact) mass is 282 g/mol. The Kier molecular flexibility index (Phi) is 4.80. The predicted octanol–water partition coefficient (Wildman–Crippen LogP) is 1.38. The zero-order chi connectivity index (χ0) is 13.8. The molecule has 104 valence electrons. The number of amides is 1. The van der Waals surface area contributed by atoms with Gasteiger partial charge in [0.25, 0.3) is 5.91 Å². The van der Waals surface area contributed by atoms with Crippen LogP contribution in [0.5, 0.6) is 0 Å². The molecule has 0 radical (unpaired) electrons. The number of halogens is 1. The second-order valence-electron chi connectivity index (χ2n) is 4.90. The Labute approximate surface area is 118 Å². The summed E-state index contributed by atoms with van der Waals surface area (Å²) in [6.07, 6.45) is -0.356. The van der Waals surface area contributed by atoms with E-state index in [4.69, 9.17) is 11.6 Å². The highest BCUT2D eigenvalue weighted by Gasteiger charge is 2.30. The van der Waals surface area contributed by atoms with E-state index in [0.717, 1.165) is 13.1 Å². The summed E-state index contributed by atoms with van der Waals surface area (Å²) in [4.78, 5) is 14.1. The van der Waals surface area contributed by atoms with E-state index in [0.29, 0.717) is 23.7 Å². The molecule has 1 aromatic rings.